The summed E-state index contributed by atoms with van der Waals surface area (Å²) >= 11 is 18.0. The van der Waals surface area contributed by atoms with E-state index in [1.807, 2.05) is 25.1 Å². The van der Waals surface area contributed by atoms with Gasteiger partial charge in [-0.2, -0.15) is 0 Å². The highest BCUT2D eigenvalue weighted by Crippen LogP contribution is 2.39. The third-order valence-corrected chi connectivity index (χ3v) is 7.80. The van der Waals surface area contributed by atoms with Crippen LogP contribution in [0.3, 0.4) is 0 Å². The summed E-state index contributed by atoms with van der Waals surface area (Å²) in [4.78, 5) is 12.0. The Morgan fingerprint density at radius 2 is 1.26 bits per heavy atom. The molecule has 2 N–H and O–H groups in total. The van der Waals surface area contributed by atoms with Gasteiger partial charge in [0.15, 0.2) is 10.9 Å². The zero-order valence-electron chi connectivity index (χ0n) is 29.0. The van der Waals surface area contributed by atoms with Crippen LogP contribution in [0.4, 0.5) is 17.6 Å². The van der Waals surface area contributed by atoms with E-state index in [4.69, 9.17) is 54.3 Å². The van der Waals surface area contributed by atoms with Crippen LogP contribution >= 0.6 is 34.8 Å². The molecule has 284 valence electrons. The van der Waals surface area contributed by atoms with Crippen molar-refractivity contribution in [2.75, 3.05) is 27.6 Å². The summed E-state index contributed by atoms with van der Waals surface area (Å²) in [6.07, 6.45) is -4.81. The van der Waals surface area contributed by atoms with E-state index in [-0.39, 0.29) is 28.2 Å². The summed E-state index contributed by atoms with van der Waals surface area (Å²) in [5.41, 5.74) is 1.71. The zero-order chi connectivity index (χ0) is 39.8. The number of aliphatic imine (C=N–C) groups is 1. The maximum Gasteiger partial charge on any atom is 0.573 e. The number of para-hydroxylation sites is 4. The van der Waals surface area contributed by atoms with Crippen LogP contribution in [-0.2, 0) is 0 Å². The lowest BCUT2D eigenvalue weighted by Gasteiger charge is -2.15. The SMILES string of the molecule is C=NCC.COc1cc2cccc(Cl)c2nc1-c1ccccc1OC(F)(F)F.COc1cc2cccc(Cl)c2nc1Cl.OB(O)c1ccccc1OCF. The maximum absolute atomic E-state index is 12.6. The molecule has 9 nitrogen and oxygen atoms in total. The van der Waals surface area contributed by atoms with Crippen molar-refractivity contribution in [3.63, 3.8) is 0 Å². The van der Waals surface area contributed by atoms with E-state index in [2.05, 4.69) is 31.2 Å². The fraction of sp³-hybridized carbons (Fsp3) is 0.162. The molecule has 6 rings (SSSR count). The molecule has 0 aliphatic carbocycles. The average Bonchev–Trinajstić information content (AvgIpc) is 3.15. The molecule has 0 fully saturated rings. The van der Waals surface area contributed by atoms with Crippen LogP contribution in [-0.4, -0.2) is 67.8 Å². The van der Waals surface area contributed by atoms with E-state index in [1.165, 1.54) is 37.4 Å². The second-order valence-corrected chi connectivity index (χ2v) is 11.6. The molecule has 0 radical (unpaired) electrons. The van der Waals surface area contributed by atoms with Crippen LogP contribution < -0.4 is 24.4 Å². The number of ether oxygens (including phenoxy) is 4. The zero-order valence-corrected chi connectivity index (χ0v) is 31.2. The maximum atomic E-state index is 12.6. The van der Waals surface area contributed by atoms with Gasteiger partial charge in [0.05, 0.1) is 35.3 Å². The third-order valence-electron chi connectivity index (χ3n) is 6.92. The predicted octanol–water partition coefficient (Wildman–Crippen LogP) is 9.39. The van der Waals surface area contributed by atoms with Gasteiger partial charge in [-0.15, -0.1) is 13.2 Å². The highest BCUT2D eigenvalue weighted by atomic mass is 35.5. The quantitative estimate of drug-likeness (QED) is 0.0677. The number of aromatic nitrogens is 2. The molecule has 0 unspecified atom stereocenters. The van der Waals surface area contributed by atoms with Crippen LogP contribution in [0.15, 0.2) is 102 Å². The van der Waals surface area contributed by atoms with Crippen molar-refractivity contribution in [2.24, 2.45) is 4.99 Å². The van der Waals surface area contributed by atoms with Crippen molar-refractivity contribution >= 4 is 75.9 Å². The van der Waals surface area contributed by atoms with Crippen molar-refractivity contribution < 1.29 is 46.6 Å². The molecule has 6 aromatic rings. The lowest BCUT2D eigenvalue weighted by molar-refractivity contribution is -0.274. The van der Waals surface area contributed by atoms with E-state index < -0.39 is 20.3 Å². The van der Waals surface area contributed by atoms with Crippen LogP contribution in [0.1, 0.15) is 6.92 Å². The van der Waals surface area contributed by atoms with Gasteiger partial charge in [-0.25, -0.2) is 14.4 Å². The molecule has 0 bridgehead atoms. The molecule has 2 heterocycles. The Hall–Kier alpha value is -4.86. The van der Waals surface area contributed by atoms with E-state index >= 15 is 0 Å². The van der Waals surface area contributed by atoms with Gasteiger partial charge in [0.2, 0.25) is 6.86 Å². The lowest BCUT2D eigenvalue weighted by atomic mass is 9.80. The van der Waals surface area contributed by atoms with Gasteiger partial charge in [-0.1, -0.05) is 89.4 Å². The number of methoxy groups -OCH3 is 2. The average molecular weight is 809 g/mol. The monoisotopic (exact) mass is 807 g/mol. The number of hydrogen-bond donors (Lipinski definition) is 2. The van der Waals surface area contributed by atoms with Gasteiger partial charge in [-0.05, 0) is 56.1 Å². The number of fused-ring (bicyclic) bond motifs is 2. The van der Waals surface area contributed by atoms with Crippen molar-refractivity contribution in [1.29, 1.82) is 0 Å². The molecule has 54 heavy (non-hydrogen) atoms. The molecular formula is C37H33BCl3F4N3O6. The van der Waals surface area contributed by atoms with Crippen LogP contribution in [0.25, 0.3) is 33.1 Å². The Morgan fingerprint density at radius 1 is 0.741 bits per heavy atom. The number of alkyl halides is 4. The van der Waals surface area contributed by atoms with E-state index in [0.29, 0.717) is 37.7 Å². The molecule has 17 heteroatoms. The molecule has 2 aromatic heterocycles. The second-order valence-electron chi connectivity index (χ2n) is 10.4. The van der Waals surface area contributed by atoms with Gasteiger partial charge < -0.3 is 34.0 Å². The highest BCUT2D eigenvalue weighted by molar-refractivity contribution is 6.59. The topological polar surface area (TPSA) is 116 Å². The van der Waals surface area contributed by atoms with E-state index in [0.717, 1.165) is 17.3 Å². The molecular weight excluding hydrogens is 776 g/mol. The Bertz CT molecular complexity index is 2150. The van der Waals surface area contributed by atoms with Crippen molar-refractivity contribution in [1.82, 2.24) is 9.97 Å². The Balaban J connectivity index is 0.000000222. The Morgan fingerprint density at radius 3 is 1.78 bits per heavy atom. The minimum absolute atomic E-state index is 0.148. The molecule has 0 aliphatic heterocycles. The normalized spacial score (nSPS) is 10.4. The standard InChI is InChI=1S/C17H11ClF3NO2.C10H7Cl2NO.C7H8BFO3.C3H7N/c1-23-14-9-10-5-4-7-12(18)15(10)22-16(14)11-6-2-3-8-13(11)24-17(19,20)21;1-14-8-5-6-3-2-4-7(11)9(6)13-10(8)12;9-5-12-7-4-2-1-3-6(7)8(10)11;1-3-4-2/h2-9H,1H3;2-5H,1H3;1-4,10-11H,5H2;2-3H2,1H3. The lowest BCUT2D eigenvalue weighted by Crippen LogP contribution is -2.31. The highest BCUT2D eigenvalue weighted by Gasteiger charge is 2.32. The summed E-state index contributed by atoms with van der Waals surface area (Å²) in [5, 5.41) is 20.5. The first-order valence-electron chi connectivity index (χ1n) is 15.6. The summed E-state index contributed by atoms with van der Waals surface area (Å²) in [6, 6.07) is 26.1. The molecule has 0 amide bonds. The van der Waals surface area contributed by atoms with Gasteiger partial charge in [0.25, 0.3) is 0 Å². The Labute approximate surface area is 323 Å². The molecule has 0 saturated heterocycles. The summed E-state index contributed by atoms with van der Waals surface area (Å²) in [5.74, 6) is 0.668. The van der Waals surface area contributed by atoms with Crippen molar-refractivity contribution in [2.45, 2.75) is 13.3 Å². The smallest absolute Gasteiger partial charge is 0.494 e. The first kappa shape index (κ1) is 43.5. The van der Waals surface area contributed by atoms with Crippen LogP contribution in [0.2, 0.25) is 15.2 Å². The molecule has 0 saturated carbocycles. The van der Waals surface area contributed by atoms with E-state index in [9.17, 15) is 17.6 Å². The van der Waals surface area contributed by atoms with Crippen molar-refractivity contribution in [3.05, 3.63) is 112 Å². The first-order valence-corrected chi connectivity index (χ1v) is 16.7. The van der Waals surface area contributed by atoms with Gasteiger partial charge in [0, 0.05) is 28.3 Å². The fourth-order valence-electron chi connectivity index (χ4n) is 4.52. The summed E-state index contributed by atoms with van der Waals surface area (Å²) in [6.45, 7) is 5.03. The van der Waals surface area contributed by atoms with Gasteiger partial charge in [0.1, 0.15) is 22.9 Å². The number of halogens is 7. The number of nitrogens with zero attached hydrogens (tertiary/aromatic N) is 3. The molecule has 4 aromatic carbocycles. The third kappa shape index (κ3) is 12.4. The number of hydrogen-bond acceptors (Lipinski definition) is 9. The first-order chi connectivity index (χ1) is 25.8. The number of pyridine rings is 2. The minimum atomic E-state index is -4.81. The summed E-state index contributed by atoms with van der Waals surface area (Å²) < 4.78 is 68.6. The molecule has 0 aliphatic rings. The second kappa shape index (κ2) is 21.1. The Kier molecular flexibility index (Phi) is 17.0. The van der Waals surface area contributed by atoms with E-state index in [1.54, 1.807) is 55.6 Å². The van der Waals surface area contributed by atoms with Gasteiger partial charge in [-0.3, -0.25) is 0 Å². The summed E-state index contributed by atoms with van der Waals surface area (Å²) in [7, 11) is 1.34. The molecule has 0 atom stereocenters. The molecule has 0 spiro atoms. The number of rotatable bonds is 8. The predicted molar refractivity (Wildman–Crippen MR) is 207 cm³/mol. The van der Waals surface area contributed by atoms with Gasteiger partial charge >= 0.3 is 13.5 Å². The largest absolute Gasteiger partial charge is 0.573 e. The van der Waals surface area contributed by atoms with Crippen molar-refractivity contribution in [3.8, 4) is 34.3 Å². The van der Waals surface area contributed by atoms with Crippen LogP contribution in [0.5, 0.6) is 23.0 Å². The fourth-order valence-corrected chi connectivity index (χ4v) is 5.18. The van der Waals surface area contributed by atoms with Crippen LogP contribution in [0, 0.1) is 0 Å². The minimum Gasteiger partial charge on any atom is -0.494 e. The number of benzene rings is 4.